The average Bonchev–Trinajstić information content (AvgIpc) is 2.12. The summed E-state index contributed by atoms with van der Waals surface area (Å²) in [4.78, 5) is 0. The molecule has 0 spiro atoms. The zero-order valence-electron chi connectivity index (χ0n) is 4.85. The quantitative estimate of drug-likeness (QED) is 0.550. The Labute approximate surface area is 70.4 Å². The minimum absolute atomic E-state index is 0. The fourth-order valence-corrected chi connectivity index (χ4v) is 1.17. The van der Waals surface area contributed by atoms with Gasteiger partial charge in [-0.1, -0.05) is 18.2 Å². The Morgan fingerprint density at radius 2 is 2.33 bits per heavy atom. The van der Waals surface area contributed by atoms with Crippen molar-refractivity contribution in [2.24, 2.45) is 0 Å². The molecule has 1 rings (SSSR count). The number of hydrogen-bond donors (Lipinski definition) is 0. The van der Waals surface area contributed by atoms with E-state index in [2.05, 4.69) is 0 Å². The number of allylic oxidation sites excluding steroid dienone is 4. The summed E-state index contributed by atoms with van der Waals surface area (Å²) in [6.07, 6.45) is 6.23. The van der Waals surface area contributed by atoms with Gasteiger partial charge in [-0.25, -0.2) is 0 Å². The van der Waals surface area contributed by atoms with Crippen molar-refractivity contribution in [1.82, 2.24) is 0 Å². The summed E-state index contributed by atoms with van der Waals surface area (Å²) >= 11 is 0. The number of nitrogens with one attached hydrogen (secondary N) is 1. The SMILES string of the molecule is [NH-][Si](=O)C1=CC=CC1.[Ti]. The molecule has 0 aromatic carbocycles. The molecule has 1 aliphatic rings. The molecule has 0 aromatic rings. The van der Waals surface area contributed by atoms with Crippen LogP contribution in [0.15, 0.2) is 23.4 Å². The van der Waals surface area contributed by atoms with Crippen molar-refractivity contribution >= 4 is 8.84 Å². The molecule has 0 saturated carbocycles. The molecular formula is C5H6NOSiTi-. The maximum atomic E-state index is 10.4. The van der Waals surface area contributed by atoms with Crippen molar-refractivity contribution in [3.05, 3.63) is 28.8 Å². The van der Waals surface area contributed by atoms with E-state index in [1.807, 2.05) is 12.2 Å². The van der Waals surface area contributed by atoms with Gasteiger partial charge in [-0.2, -0.15) is 0 Å². The summed E-state index contributed by atoms with van der Waals surface area (Å²) in [7, 11) is -2.11. The first-order valence-corrected chi connectivity index (χ1v) is 3.83. The van der Waals surface area contributed by atoms with Crippen LogP contribution in [0.25, 0.3) is 5.40 Å². The molecule has 9 heavy (non-hydrogen) atoms. The van der Waals surface area contributed by atoms with E-state index >= 15 is 0 Å². The average molecular weight is 172 g/mol. The summed E-state index contributed by atoms with van der Waals surface area (Å²) in [5.74, 6) is 0. The van der Waals surface area contributed by atoms with Gasteiger partial charge in [-0.05, 0) is 11.6 Å². The van der Waals surface area contributed by atoms with Crippen LogP contribution < -0.4 is 0 Å². The van der Waals surface area contributed by atoms with E-state index in [0.29, 0.717) is 0 Å². The first-order valence-electron chi connectivity index (χ1n) is 2.42. The van der Waals surface area contributed by atoms with Crippen molar-refractivity contribution in [3.8, 4) is 0 Å². The van der Waals surface area contributed by atoms with Crippen LogP contribution in [0.4, 0.5) is 0 Å². The van der Waals surface area contributed by atoms with Crippen LogP contribution in [-0.4, -0.2) is 8.84 Å². The van der Waals surface area contributed by atoms with Gasteiger partial charge in [0.1, 0.15) is 0 Å². The largest absolute Gasteiger partial charge is 0.678 e. The fourth-order valence-electron chi connectivity index (χ4n) is 0.616. The van der Waals surface area contributed by atoms with Gasteiger partial charge < -0.3 is 9.86 Å². The zero-order chi connectivity index (χ0) is 5.98. The molecule has 0 amide bonds. The Balaban J connectivity index is 0.000000640. The molecule has 0 fully saturated rings. The van der Waals surface area contributed by atoms with E-state index in [4.69, 9.17) is 5.40 Å². The summed E-state index contributed by atoms with van der Waals surface area (Å²) in [6.45, 7) is 0. The molecule has 1 N–H and O–H groups in total. The minimum atomic E-state index is -2.11. The number of hydrogen-bond acceptors (Lipinski definition) is 1. The van der Waals surface area contributed by atoms with Gasteiger partial charge in [-0.3, -0.25) is 0 Å². The van der Waals surface area contributed by atoms with Crippen LogP contribution in [0.1, 0.15) is 6.42 Å². The Morgan fingerprint density at radius 3 is 2.56 bits per heavy atom. The first-order chi connectivity index (χ1) is 3.80. The zero-order valence-corrected chi connectivity index (χ0v) is 7.41. The topological polar surface area (TPSA) is 40.9 Å². The minimum Gasteiger partial charge on any atom is -0.678 e. The van der Waals surface area contributed by atoms with E-state index in [1.165, 1.54) is 0 Å². The van der Waals surface area contributed by atoms with Gasteiger partial charge >= 0.3 is 0 Å². The Morgan fingerprint density at radius 1 is 1.67 bits per heavy atom. The van der Waals surface area contributed by atoms with E-state index in [1.54, 1.807) is 6.08 Å². The Kier molecular flexibility index (Phi) is 3.93. The van der Waals surface area contributed by atoms with Crippen LogP contribution in [0, 0.1) is 0 Å². The van der Waals surface area contributed by atoms with Gasteiger partial charge in [0.25, 0.3) is 0 Å². The van der Waals surface area contributed by atoms with Crippen LogP contribution >= 0.6 is 0 Å². The van der Waals surface area contributed by atoms with Crippen LogP contribution in [0.3, 0.4) is 0 Å². The number of rotatable bonds is 1. The van der Waals surface area contributed by atoms with Crippen molar-refractivity contribution < 1.29 is 26.2 Å². The molecule has 0 heterocycles. The Bertz CT molecular complexity index is 176. The maximum Gasteiger partial charge on any atom is 0.209 e. The van der Waals surface area contributed by atoms with Gasteiger partial charge in [0.05, 0.1) is 0 Å². The van der Waals surface area contributed by atoms with Crippen LogP contribution in [0.5, 0.6) is 0 Å². The molecule has 0 radical (unpaired) electrons. The maximum absolute atomic E-state index is 10.4. The van der Waals surface area contributed by atoms with E-state index in [-0.39, 0.29) is 21.7 Å². The molecule has 2 nitrogen and oxygen atoms in total. The second kappa shape index (κ2) is 3.93. The molecule has 0 aromatic heterocycles. The van der Waals surface area contributed by atoms with Gasteiger partial charge in [-0.15, -0.1) is 0 Å². The van der Waals surface area contributed by atoms with Crippen molar-refractivity contribution in [2.75, 3.05) is 0 Å². The standard InChI is InChI=1S/C5H6NOSi.Ti/c6-8(7)5-3-1-2-4-5;/h1-3,6H,4H2;/q-1;. The molecule has 46 valence electrons. The second-order valence-electron chi connectivity index (χ2n) is 1.65. The fraction of sp³-hybridized carbons (Fsp3) is 0.200. The predicted molar refractivity (Wildman–Crippen MR) is 32.6 cm³/mol. The van der Waals surface area contributed by atoms with E-state index < -0.39 is 8.84 Å². The summed E-state index contributed by atoms with van der Waals surface area (Å²) in [6, 6.07) is 0. The molecule has 0 aliphatic heterocycles. The third-order valence-electron chi connectivity index (χ3n) is 1.06. The van der Waals surface area contributed by atoms with E-state index in [0.717, 1.165) is 11.6 Å². The third kappa shape index (κ3) is 2.39. The molecule has 4 heteroatoms. The Hall–Kier alpha value is 0.0112. The molecule has 0 bridgehead atoms. The molecule has 0 atom stereocenters. The van der Waals surface area contributed by atoms with Gasteiger partial charge in [0.15, 0.2) is 0 Å². The molecule has 1 aliphatic carbocycles. The summed E-state index contributed by atoms with van der Waals surface area (Å²) < 4.78 is 10.4. The van der Waals surface area contributed by atoms with Crippen LogP contribution in [0.2, 0.25) is 0 Å². The van der Waals surface area contributed by atoms with Crippen LogP contribution in [-0.2, 0) is 26.2 Å². The second-order valence-corrected chi connectivity index (χ2v) is 2.95. The smallest absolute Gasteiger partial charge is 0.209 e. The van der Waals surface area contributed by atoms with Crippen molar-refractivity contribution in [3.63, 3.8) is 0 Å². The third-order valence-corrected chi connectivity index (χ3v) is 2.02. The van der Waals surface area contributed by atoms with Crippen molar-refractivity contribution in [2.45, 2.75) is 6.42 Å². The molecular weight excluding hydrogens is 166 g/mol. The summed E-state index contributed by atoms with van der Waals surface area (Å²) in [5.41, 5.74) is 0. The normalized spacial score (nSPS) is 14.4. The summed E-state index contributed by atoms with van der Waals surface area (Å²) in [5, 5.41) is 7.59. The van der Waals surface area contributed by atoms with E-state index in [9.17, 15) is 4.46 Å². The first kappa shape index (κ1) is 9.01. The molecule has 0 saturated heterocycles. The van der Waals surface area contributed by atoms with Gasteiger partial charge in [0, 0.05) is 21.7 Å². The molecule has 0 unspecified atom stereocenters. The monoisotopic (exact) mass is 172 g/mol. The van der Waals surface area contributed by atoms with Gasteiger partial charge in [0.2, 0.25) is 8.84 Å². The van der Waals surface area contributed by atoms with Crippen molar-refractivity contribution in [1.29, 1.82) is 0 Å². The predicted octanol–water partition coefficient (Wildman–Crippen LogP) is 1.38.